The molecule has 1 aromatic heterocycles. The Kier molecular flexibility index (Phi) is 10.8. The van der Waals surface area contributed by atoms with Crippen molar-refractivity contribution in [3.63, 3.8) is 0 Å². The number of phenolic OH excluding ortho intramolecular Hbond substituents is 7. The van der Waals surface area contributed by atoms with Crippen molar-refractivity contribution in [1.82, 2.24) is 0 Å². The fourth-order valence-electron chi connectivity index (χ4n) is 8.45. The Morgan fingerprint density at radius 2 is 1.35 bits per heavy atom. The van der Waals surface area contributed by atoms with Crippen molar-refractivity contribution in [2.24, 2.45) is 0 Å². The van der Waals surface area contributed by atoms with E-state index in [0.29, 0.717) is 28.7 Å². The van der Waals surface area contributed by atoms with Crippen LogP contribution in [0, 0.1) is 0 Å². The van der Waals surface area contributed by atoms with E-state index in [0.717, 1.165) is 49.9 Å². The first kappa shape index (κ1) is 43.4. The highest BCUT2D eigenvalue weighted by atomic mass is 16.4. The zero-order chi connectivity index (χ0) is 46.8. The predicted octanol–water partition coefficient (Wildman–Crippen LogP) is 7.91. The van der Waals surface area contributed by atoms with Gasteiger partial charge in [-0.2, -0.15) is 0 Å². The van der Waals surface area contributed by atoms with Gasteiger partial charge in [0.1, 0.15) is 49.9 Å². The average molecular weight is 871 g/mol. The summed E-state index contributed by atoms with van der Waals surface area (Å²) in [6, 6.07) is 23.4. The van der Waals surface area contributed by atoms with Crippen LogP contribution in [0.15, 0.2) is 148 Å². The molecule has 0 saturated carbocycles. The van der Waals surface area contributed by atoms with E-state index in [-0.39, 0.29) is 33.4 Å². The molecule has 0 bridgehead atoms. The SMILES string of the molecule is Bc1c(O)c(O)c(-c2ccc3cc4oc5ccc(/C(=C6\C=CC=CC6)c6ccccc6C(C)(C)C(=C)/C(O)=C(O)\C(O)=C(\O)Cc6c(O)cc(O)c(B)c6O)cc5c4cc3c2)c(O)c1O. The molecule has 8 rings (SSSR count). The first-order chi connectivity index (χ1) is 30.8. The molecule has 11 N–H and O–H groups in total. The van der Waals surface area contributed by atoms with Crippen LogP contribution in [0.4, 0.5) is 0 Å². The maximum atomic E-state index is 11.5. The number of benzene rings is 6. The number of aromatic hydroxyl groups is 7. The molecule has 0 spiro atoms. The van der Waals surface area contributed by atoms with E-state index in [2.05, 4.69) is 6.58 Å². The Morgan fingerprint density at radius 1 is 0.662 bits per heavy atom. The van der Waals surface area contributed by atoms with Gasteiger partial charge in [0.05, 0.1) is 5.56 Å². The topological polar surface area (TPSA) is 236 Å². The van der Waals surface area contributed by atoms with Gasteiger partial charge in [0.2, 0.25) is 5.76 Å². The van der Waals surface area contributed by atoms with Gasteiger partial charge in [-0.3, -0.25) is 0 Å². The van der Waals surface area contributed by atoms with Crippen molar-refractivity contribution in [3.8, 4) is 51.4 Å². The minimum atomic E-state index is -1.15. The van der Waals surface area contributed by atoms with Gasteiger partial charge in [-0.05, 0) is 86.4 Å². The van der Waals surface area contributed by atoms with Crippen LogP contribution in [-0.2, 0) is 11.8 Å². The summed E-state index contributed by atoms with van der Waals surface area (Å²) in [6.07, 6.45) is 7.87. The maximum Gasteiger partial charge on any atom is 0.204 e. The Hall–Kier alpha value is -8.25. The largest absolute Gasteiger partial charge is 0.508 e. The lowest BCUT2D eigenvalue weighted by atomic mass is 9.72. The normalized spacial score (nSPS) is 14.5. The molecular weight excluding hydrogens is 826 g/mol. The monoisotopic (exact) mass is 870 g/mol. The molecule has 0 fully saturated rings. The van der Waals surface area contributed by atoms with Gasteiger partial charge >= 0.3 is 0 Å². The number of aliphatic hydroxyl groups is 4. The van der Waals surface area contributed by atoms with Crippen LogP contribution in [0.5, 0.6) is 40.2 Å². The number of hydrogen-bond donors (Lipinski definition) is 11. The average Bonchev–Trinajstić information content (AvgIpc) is 3.66. The van der Waals surface area contributed by atoms with Gasteiger partial charge in [-0.15, -0.1) is 0 Å². The zero-order valence-electron chi connectivity index (χ0n) is 35.8. The Balaban J connectivity index is 1.22. The van der Waals surface area contributed by atoms with Gasteiger partial charge < -0.3 is 60.6 Å². The summed E-state index contributed by atoms with van der Waals surface area (Å²) >= 11 is 0. The third-order valence-electron chi connectivity index (χ3n) is 12.4. The fraction of sp³-hybridized carbons (Fsp3) is 0.0980. The molecule has 12 nitrogen and oxygen atoms in total. The molecule has 0 amide bonds. The van der Waals surface area contributed by atoms with E-state index >= 15 is 0 Å². The molecular formula is C51H44B2O12. The van der Waals surface area contributed by atoms with E-state index in [1.165, 1.54) is 15.7 Å². The molecule has 0 atom stereocenters. The second-order valence-corrected chi connectivity index (χ2v) is 16.7. The van der Waals surface area contributed by atoms with Gasteiger partial charge in [-0.25, -0.2) is 0 Å². The number of allylic oxidation sites excluding steroid dienone is 7. The highest BCUT2D eigenvalue weighted by Gasteiger charge is 2.33. The highest BCUT2D eigenvalue weighted by molar-refractivity contribution is 6.37. The number of furan rings is 1. The number of phenols is 7. The van der Waals surface area contributed by atoms with Crippen molar-refractivity contribution in [2.75, 3.05) is 0 Å². The third kappa shape index (κ3) is 7.28. The summed E-state index contributed by atoms with van der Waals surface area (Å²) in [5.74, 6) is -7.60. The molecule has 326 valence electrons. The first-order valence-electron chi connectivity index (χ1n) is 20.5. The van der Waals surface area contributed by atoms with Crippen LogP contribution in [-0.4, -0.2) is 71.9 Å². The smallest absolute Gasteiger partial charge is 0.204 e. The molecule has 65 heavy (non-hydrogen) atoms. The summed E-state index contributed by atoms with van der Waals surface area (Å²) in [5.41, 5.74) is 4.13. The summed E-state index contributed by atoms with van der Waals surface area (Å²) in [7, 11) is 2.76. The minimum absolute atomic E-state index is 0.0170. The van der Waals surface area contributed by atoms with Crippen LogP contribution in [0.3, 0.4) is 0 Å². The van der Waals surface area contributed by atoms with E-state index in [1.807, 2.05) is 78.9 Å². The van der Waals surface area contributed by atoms with Crippen LogP contribution in [0.25, 0.3) is 49.4 Å². The van der Waals surface area contributed by atoms with Crippen molar-refractivity contribution >= 4 is 64.9 Å². The second kappa shape index (κ2) is 16.1. The standard InChI is InChI=1S/C51H44B2O12/c1-23(43(57)50(64)45(59)36(56)21-32-34(54)22-35(55)41(52)44(32)58)51(2,3)33-12-8-7-11-29(33)39(24-9-5-4-6-10-24)27-15-16-37-30(18-27)31-19-28-17-26(14-13-25(28)20-38(31)65-37)40-46(60)48(62)42(53)49(63)47(40)61/h4-9,11-20,22,54-64H,1,10,21,52-53H2,2-3H3/b39-24-,45-36-,50-43-. The predicted molar refractivity (Wildman–Crippen MR) is 257 cm³/mol. The number of aliphatic hydroxyl groups excluding tert-OH is 4. The summed E-state index contributed by atoms with van der Waals surface area (Å²) in [6.45, 7) is 7.71. The van der Waals surface area contributed by atoms with Crippen molar-refractivity contribution in [2.45, 2.75) is 32.1 Å². The second-order valence-electron chi connectivity index (χ2n) is 16.7. The molecule has 1 heterocycles. The van der Waals surface area contributed by atoms with Crippen molar-refractivity contribution in [3.05, 3.63) is 166 Å². The van der Waals surface area contributed by atoms with Gasteiger partial charge in [0.15, 0.2) is 34.5 Å². The van der Waals surface area contributed by atoms with Crippen LogP contribution in [0.2, 0.25) is 0 Å². The summed E-state index contributed by atoms with van der Waals surface area (Å²) < 4.78 is 6.36. The van der Waals surface area contributed by atoms with Gasteiger partial charge in [0.25, 0.3) is 0 Å². The first-order valence-corrected chi connectivity index (χ1v) is 20.5. The minimum Gasteiger partial charge on any atom is -0.508 e. The molecule has 0 aliphatic heterocycles. The Labute approximate surface area is 374 Å². The molecule has 0 unspecified atom stereocenters. The van der Waals surface area contributed by atoms with Crippen molar-refractivity contribution < 1.29 is 60.6 Å². The number of hydrogen-bond acceptors (Lipinski definition) is 12. The Morgan fingerprint density at radius 3 is 2.05 bits per heavy atom. The van der Waals surface area contributed by atoms with Crippen LogP contribution in [0.1, 0.15) is 42.5 Å². The highest BCUT2D eigenvalue weighted by Crippen LogP contribution is 2.48. The van der Waals surface area contributed by atoms with Crippen LogP contribution < -0.4 is 10.9 Å². The van der Waals surface area contributed by atoms with E-state index < -0.39 is 69.4 Å². The molecule has 7 aromatic rings. The maximum absolute atomic E-state index is 11.5. The Bertz CT molecular complexity index is 3320. The molecule has 0 saturated heterocycles. The van der Waals surface area contributed by atoms with Crippen LogP contribution >= 0.6 is 0 Å². The van der Waals surface area contributed by atoms with Gasteiger partial charge in [-0.1, -0.05) is 87.2 Å². The lowest BCUT2D eigenvalue weighted by Crippen LogP contribution is -2.24. The van der Waals surface area contributed by atoms with E-state index in [1.54, 1.807) is 32.0 Å². The van der Waals surface area contributed by atoms with Gasteiger partial charge in [0, 0.05) is 45.3 Å². The number of rotatable bonds is 9. The third-order valence-corrected chi connectivity index (χ3v) is 12.4. The lowest BCUT2D eigenvalue weighted by molar-refractivity contribution is 0.255. The summed E-state index contributed by atoms with van der Waals surface area (Å²) in [4.78, 5) is 0. The van der Waals surface area contributed by atoms with E-state index in [4.69, 9.17) is 4.42 Å². The fourth-order valence-corrected chi connectivity index (χ4v) is 8.45. The number of fused-ring (bicyclic) bond motifs is 4. The summed E-state index contributed by atoms with van der Waals surface area (Å²) in [5, 5.41) is 121. The molecule has 6 aromatic carbocycles. The van der Waals surface area contributed by atoms with Crippen molar-refractivity contribution in [1.29, 1.82) is 0 Å². The lowest BCUT2D eigenvalue weighted by Gasteiger charge is -2.31. The van der Waals surface area contributed by atoms with E-state index in [9.17, 15) is 56.2 Å². The zero-order valence-corrected chi connectivity index (χ0v) is 35.8. The molecule has 14 heteroatoms. The molecule has 1 aliphatic rings. The molecule has 0 radical (unpaired) electrons. The molecule has 1 aliphatic carbocycles. The quantitative estimate of drug-likeness (QED) is 0.0218.